The summed E-state index contributed by atoms with van der Waals surface area (Å²) in [5.74, 6) is 2.72. The average molecular weight is 585 g/mol. The Balaban J connectivity index is 1.48. The topological polar surface area (TPSA) is 46.5 Å². The number of carbonyl (C=O) groups is 1. The first kappa shape index (κ1) is 32.5. The van der Waals surface area contributed by atoms with Gasteiger partial charge in [-0.2, -0.15) is 0 Å². The number of allylic oxidation sites excluding steroid dienone is 2. The van der Waals surface area contributed by atoms with Crippen LogP contribution in [0.5, 0.6) is 0 Å². The molecule has 0 aromatic carbocycles. The van der Waals surface area contributed by atoms with E-state index in [1.165, 1.54) is 12.8 Å². The van der Waals surface area contributed by atoms with E-state index in [2.05, 4.69) is 75.3 Å². The van der Waals surface area contributed by atoms with E-state index in [0.717, 1.165) is 75.6 Å². The second-order valence-corrected chi connectivity index (χ2v) is 17.3. The molecular weight excluding hydrogens is 518 g/mol. The fourth-order valence-corrected chi connectivity index (χ4v) is 12.5. The molecule has 42 heavy (non-hydrogen) atoms. The number of aliphatic hydroxyl groups is 1. The first-order valence-corrected chi connectivity index (χ1v) is 18.0. The maximum atomic E-state index is 14.4. The average Bonchev–Trinajstić information content (AvgIpc) is 2.96. The quantitative estimate of drug-likeness (QED) is 0.186. The summed E-state index contributed by atoms with van der Waals surface area (Å²) in [6.45, 7) is 28.9. The molecule has 10 atom stereocenters. The predicted molar refractivity (Wildman–Crippen MR) is 173 cm³/mol. The van der Waals surface area contributed by atoms with Gasteiger partial charge in [0.2, 0.25) is 0 Å². The van der Waals surface area contributed by atoms with E-state index in [-0.39, 0.29) is 39.1 Å². The molecule has 0 aromatic heterocycles. The first-order chi connectivity index (χ1) is 19.6. The molecule has 4 nitrogen and oxygen atoms in total. The van der Waals surface area contributed by atoms with Gasteiger partial charge in [0.25, 0.3) is 0 Å². The Morgan fingerprint density at radius 2 is 1.57 bits per heavy atom. The zero-order valence-electron chi connectivity index (χ0n) is 29.2. The van der Waals surface area contributed by atoms with Crippen LogP contribution in [0.3, 0.4) is 0 Å². The van der Waals surface area contributed by atoms with Gasteiger partial charge in [-0.15, -0.1) is 0 Å². The number of carbonyl (C=O) groups excluding carboxylic acids is 1. The lowest BCUT2D eigenvalue weighted by atomic mass is 9.33. The monoisotopic (exact) mass is 585 g/mol. The molecule has 0 amide bonds. The summed E-state index contributed by atoms with van der Waals surface area (Å²) < 4.78 is 7.37. The number of likely N-dealkylation sites (N-methyl/N-ethyl adjacent to an activating group) is 1. The minimum atomic E-state index is -0.362. The zero-order valence-corrected chi connectivity index (χ0v) is 29.2. The summed E-state index contributed by atoms with van der Waals surface area (Å²) in [7, 11) is 0. The van der Waals surface area contributed by atoms with E-state index in [0.29, 0.717) is 36.2 Å². The van der Waals surface area contributed by atoms with E-state index in [1.54, 1.807) is 5.57 Å². The lowest BCUT2D eigenvalue weighted by molar-refractivity contribution is -0.923. The third-order valence-corrected chi connectivity index (χ3v) is 16.2. The SMILES string of the molecule is CC[N+](CC)(CC)CCOC(=O)[C@]12CC[C@@H](C)[C@H](C)[C@H]1C1=CCC3[C@@]4(C)CC[C@H](O)C(C)(C)C4CC[C@@]3(C)[C@]1(C)CC2. The highest BCUT2D eigenvalue weighted by Gasteiger charge is 2.69. The van der Waals surface area contributed by atoms with Crippen molar-refractivity contribution in [3.05, 3.63) is 11.6 Å². The Morgan fingerprint density at radius 1 is 0.905 bits per heavy atom. The fraction of sp³-hybridized carbons (Fsp3) is 0.921. The number of esters is 1. The second-order valence-electron chi connectivity index (χ2n) is 17.3. The van der Waals surface area contributed by atoms with Crippen LogP contribution in [0.2, 0.25) is 0 Å². The van der Waals surface area contributed by atoms with Crippen molar-refractivity contribution >= 4 is 5.97 Å². The van der Waals surface area contributed by atoms with E-state index in [4.69, 9.17) is 4.74 Å². The van der Waals surface area contributed by atoms with E-state index < -0.39 is 0 Å². The Bertz CT molecular complexity index is 1050. The number of rotatable bonds is 7. The third-order valence-electron chi connectivity index (χ3n) is 16.2. The molecule has 0 bridgehead atoms. The molecule has 5 aliphatic carbocycles. The van der Waals surface area contributed by atoms with Gasteiger partial charge in [-0.1, -0.05) is 60.1 Å². The lowest BCUT2D eigenvalue weighted by Gasteiger charge is -2.71. The molecular formula is C38H66NO3+. The van der Waals surface area contributed by atoms with Crippen molar-refractivity contribution in [2.24, 2.45) is 56.7 Å². The first-order valence-electron chi connectivity index (χ1n) is 18.0. The van der Waals surface area contributed by atoms with Crippen molar-refractivity contribution in [1.82, 2.24) is 0 Å². The summed E-state index contributed by atoms with van der Waals surface area (Å²) in [5.41, 5.74) is 1.82. The molecule has 0 saturated heterocycles. The van der Waals surface area contributed by atoms with Gasteiger partial charge < -0.3 is 14.3 Å². The van der Waals surface area contributed by atoms with Crippen LogP contribution in [0, 0.1) is 56.7 Å². The highest BCUT2D eigenvalue weighted by molar-refractivity contribution is 5.79. The summed E-state index contributed by atoms with van der Waals surface area (Å²) in [6.07, 6.45) is 12.3. The van der Waals surface area contributed by atoms with Gasteiger partial charge in [-0.3, -0.25) is 4.79 Å². The number of hydrogen-bond donors (Lipinski definition) is 1. The molecule has 240 valence electrons. The molecule has 2 unspecified atom stereocenters. The zero-order chi connectivity index (χ0) is 30.9. The number of aliphatic hydroxyl groups excluding tert-OH is 1. The van der Waals surface area contributed by atoms with Gasteiger partial charge in [0, 0.05) is 0 Å². The molecule has 5 rings (SSSR count). The smallest absolute Gasteiger partial charge is 0.312 e. The molecule has 4 fully saturated rings. The van der Waals surface area contributed by atoms with Crippen LogP contribution in [0.25, 0.3) is 0 Å². The van der Waals surface area contributed by atoms with Gasteiger partial charge >= 0.3 is 5.97 Å². The highest BCUT2D eigenvalue weighted by atomic mass is 16.5. The minimum Gasteiger partial charge on any atom is -0.459 e. The fourth-order valence-electron chi connectivity index (χ4n) is 12.5. The van der Waals surface area contributed by atoms with Crippen molar-refractivity contribution in [2.75, 3.05) is 32.8 Å². The Morgan fingerprint density at radius 3 is 2.21 bits per heavy atom. The maximum Gasteiger partial charge on any atom is 0.312 e. The van der Waals surface area contributed by atoms with Crippen LogP contribution in [0.4, 0.5) is 0 Å². The molecule has 4 heteroatoms. The van der Waals surface area contributed by atoms with Gasteiger partial charge in [0.05, 0.1) is 31.2 Å². The summed E-state index contributed by atoms with van der Waals surface area (Å²) >= 11 is 0. The molecule has 0 aromatic rings. The molecule has 0 heterocycles. The number of ether oxygens (including phenoxy) is 1. The Hall–Kier alpha value is -0.870. The van der Waals surface area contributed by atoms with Crippen LogP contribution < -0.4 is 0 Å². The van der Waals surface area contributed by atoms with Gasteiger partial charge in [0.1, 0.15) is 13.2 Å². The number of nitrogens with zero attached hydrogens (tertiary/aromatic N) is 1. The largest absolute Gasteiger partial charge is 0.459 e. The second kappa shape index (κ2) is 10.9. The number of hydrogen-bond acceptors (Lipinski definition) is 3. The van der Waals surface area contributed by atoms with Crippen LogP contribution in [-0.4, -0.2) is 54.4 Å². The van der Waals surface area contributed by atoms with Crippen molar-refractivity contribution in [3.8, 4) is 0 Å². The molecule has 4 saturated carbocycles. The molecule has 0 spiro atoms. The Kier molecular flexibility index (Phi) is 8.43. The molecule has 0 radical (unpaired) electrons. The molecule has 1 N–H and O–H groups in total. The van der Waals surface area contributed by atoms with Crippen LogP contribution >= 0.6 is 0 Å². The van der Waals surface area contributed by atoms with E-state index in [1.807, 2.05) is 0 Å². The number of quaternary nitrogens is 1. The summed E-state index contributed by atoms with van der Waals surface area (Å²) in [6, 6.07) is 0. The summed E-state index contributed by atoms with van der Waals surface area (Å²) in [5, 5.41) is 11.0. The van der Waals surface area contributed by atoms with Crippen molar-refractivity contribution in [3.63, 3.8) is 0 Å². The maximum absolute atomic E-state index is 14.4. The van der Waals surface area contributed by atoms with Crippen LogP contribution in [-0.2, 0) is 9.53 Å². The predicted octanol–water partition coefficient (Wildman–Crippen LogP) is 8.42. The van der Waals surface area contributed by atoms with Crippen molar-refractivity contribution < 1.29 is 19.1 Å². The highest BCUT2D eigenvalue weighted by Crippen LogP contribution is 2.75. The number of fused-ring (bicyclic) bond motifs is 7. The van der Waals surface area contributed by atoms with Gasteiger partial charge in [-0.25, -0.2) is 0 Å². The van der Waals surface area contributed by atoms with E-state index >= 15 is 0 Å². The van der Waals surface area contributed by atoms with Gasteiger partial charge in [0.15, 0.2) is 0 Å². The van der Waals surface area contributed by atoms with Gasteiger partial charge in [-0.05, 0) is 130 Å². The van der Waals surface area contributed by atoms with Crippen LogP contribution in [0.1, 0.15) is 127 Å². The Labute approximate surface area is 259 Å². The minimum absolute atomic E-state index is 0.0261. The van der Waals surface area contributed by atoms with E-state index in [9.17, 15) is 9.90 Å². The van der Waals surface area contributed by atoms with Crippen molar-refractivity contribution in [2.45, 2.75) is 133 Å². The van der Waals surface area contributed by atoms with Crippen molar-refractivity contribution in [1.29, 1.82) is 0 Å². The van der Waals surface area contributed by atoms with Crippen LogP contribution in [0.15, 0.2) is 11.6 Å². The molecule has 0 aliphatic heterocycles. The normalized spacial score (nSPS) is 46.4. The molecule has 5 aliphatic rings. The standard InChI is InChI=1S/C38H66NO3/c1-11-39(12-2,13-3)24-25-42-33(41)38-21-16-26(4)27(5)32(38)28-14-15-30-35(8)19-18-31(40)34(6,7)29(35)17-20-37(30,10)36(28,9)22-23-38/h14,26-27,29-32,40H,11-13,15-25H2,1-10H3/q+1/t26-,27+,29?,30?,31+,32+,35+,36-,37-,38+/m1/s1. The third kappa shape index (κ3) is 4.37. The lowest BCUT2D eigenvalue weighted by Crippen LogP contribution is -2.65. The summed E-state index contributed by atoms with van der Waals surface area (Å²) in [4.78, 5) is 14.4.